The highest BCUT2D eigenvalue weighted by Gasteiger charge is 2.19. The number of rotatable bonds is 6. The van der Waals surface area contributed by atoms with Crippen LogP contribution in [0.15, 0.2) is 17.3 Å². The minimum Gasteiger partial charge on any atom is -0.464 e. The second kappa shape index (κ2) is 7.28. The van der Waals surface area contributed by atoms with Crippen molar-refractivity contribution in [3.05, 3.63) is 23.5 Å². The molecule has 1 rings (SSSR count). The SMILES string of the molecule is CCc1c(C(=O)OC)nc(SCCC=C(F)F)n1C. The number of carbonyl (C=O) groups excluding carboxylic acids is 1. The lowest BCUT2D eigenvalue weighted by Gasteiger charge is -2.03. The van der Waals surface area contributed by atoms with E-state index in [0.29, 0.717) is 23.0 Å². The van der Waals surface area contributed by atoms with E-state index in [9.17, 15) is 13.6 Å². The van der Waals surface area contributed by atoms with Gasteiger partial charge in [-0.3, -0.25) is 0 Å². The van der Waals surface area contributed by atoms with Gasteiger partial charge >= 0.3 is 5.97 Å². The lowest BCUT2D eigenvalue weighted by molar-refractivity contribution is 0.0593. The molecule has 1 aromatic heterocycles. The Morgan fingerprint density at radius 3 is 2.74 bits per heavy atom. The Morgan fingerprint density at radius 2 is 2.21 bits per heavy atom. The van der Waals surface area contributed by atoms with Gasteiger partial charge in [0.15, 0.2) is 10.9 Å². The zero-order valence-corrected chi connectivity index (χ0v) is 11.9. The Kier molecular flexibility index (Phi) is 6.01. The molecule has 4 nitrogen and oxygen atoms in total. The third-order valence-corrected chi connectivity index (χ3v) is 3.60. The minimum atomic E-state index is -1.68. The molecule has 0 amide bonds. The molecule has 19 heavy (non-hydrogen) atoms. The topological polar surface area (TPSA) is 44.1 Å². The van der Waals surface area contributed by atoms with Crippen LogP contribution in [0.1, 0.15) is 29.5 Å². The first kappa shape index (κ1) is 15.7. The van der Waals surface area contributed by atoms with E-state index in [-0.39, 0.29) is 6.42 Å². The van der Waals surface area contributed by atoms with Crippen molar-refractivity contribution in [2.24, 2.45) is 7.05 Å². The second-order valence-electron chi connectivity index (χ2n) is 3.72. The second-order valence-corrected chi connectivity index (χ2v) is 4.79. The molecule has 0 aliphatic heterocycles. The molecule has 106 valence electrons. The Bertz CT molecular complexity index is 482. The van der Waals surface area contributed by atoms with E-state index in [1.165, 1.54) is 18.9 Å². The summed E-state index contributed by atoms with van der Waals surface area (Å²) in [5, 5.41) is 0.630. The number of hydrogen-bond acceptors (Lipinski definition) is 4. The Labute approximate surface area is 114 Å². The van der Waals surface area contributed by atoms with Gasteiger partial charge in [-0.15, -0.1) is 0 Å². The number of esters is 1. The normalized spacial score (nSPS) is 10.4. The van der Waals surface area contributed by atoms with Crippen LogP contribution in [-0.4, -0.2) is 28.4 Å². The van der Waals surface area contributed by atoms with Crippen molar-refractivity contribution in [1.29, 1.82) is 0 Å². The molecule has 0 radical (unpaired) electrons. The van der Waals surface area contributed by atoms with Crippen molar-refractivity contribution in [3.63, 3.8) is 0 Å². The predicted molar refractivity (Wildman–Crippen MR) is 69.6 cm³/mol. The molecule has 1 aromatic rings. The smallest absolute Gasteiger partial charge is 0.358 e. The summed E-state index contributed by atoms with van der Waals surface area (Å²) >= 11 is 1.33. The van der Waals surface area contributed by atoms with E-state index >= 15 is 0 Å². The van der Waals surface area contributed by atoms with Gasteiger partial charge < -0.3 is 9.30 Å². The van der Waals surface area contributed by atoms with E-state index in [1.807, 2.05) is 6.92 Å². The molecule has 0 N–H and O–H groups in total. The molecule has 0 aromatic carbocycles. The number of nitrogens with zero attached hydrogens (tertiary/aromatic N) is 2. The summed E-state index contributed by atoms with van der Waals surface area (Å²) in [5.41, 5.74) is 1.07. The summed E-state index contributed by atoms with van der Waals surface area (Å²) in [6.07, 6.45) is 0.102. The molecule has 7 heteroatoms. The molecule has 1 heterocycles. The van der Waals surface area contributed by atoms with Crippen LogP contribution >= 0.6 is 11.8 Å². The number of ether oxygens (including phenoxy) is 1. The monoisotopic (exact) mass is 290 g/mol. The van der Waals surface area contributed by atoms with Gasteiger partial charge in [0, 0.05) is 12.8 Å². The van der Waals surface area contributed by atoms with E-state index in [0.717, 1.165) is 11.8 Å². The van der Waals surface area contributed by atoms with Crippen LogP contribution in [0.25, 0.3) is 0 Å². The number of allylic oxidation sites excluding steroid dienone is 1. The lowest BCUT2D eigenvalue weighted by Crippen LogP contribution is -2.06. The fraction of sp³-hybridized carbons (Fsp3) is 0.500. The van der Waals surface area contributed by atoms with Gasteiger partial charge in [-0.25, -0.2) is 9.78 Å². The molecule has 0 unspecified atom stereocenters. The highest BCUT2D eigenvalue weighted by molar-refractivity contribution is 7.99. The van der Waals surface area contributed by atoms with Crippen LogP contribution in [0.4, 0.5) is 8.78 Å². The summed E-state index contributed by atoms with van der Waals surface area (Å²) in [4.78, 5) is 15.8. The van der Waals surface area contributed by atoms with Crippen molar-refractivity contribution >= 4 is 17.7 Å². The average Bonchev–Trinajstić information content (AvgIpc) is 2.70. The first-order valence-electron chi connectivity index (χ1n) is 5.79. The van der Waals surface area contributed by atoms with E-state index in [2.05, 4.69) is 9.72 Å². The predicted octanol–water partition coefficient (Wildman–Crippen LogP) is 3.03. The fourth-order valence-electron chi connectivity index (χ4n) is 1.62. The van der Waals surface area contributed by atoms with Crippen LogP contribution in [0.2, 0.25) is 0 Å². The summed E-state index contributed by atoms with van der Waals surface area (Å²) in [6, 6.07) is 0. The van der Waals surface area contributed by atoms with Crippen molar-refractivity contribution in [2.45, 2.75) is 24.9 Å². The molecule has 0 saturated heterocycles. The summed E-state index contributed by atoms with van der Waals surface area (Å²) in [6.45, 7) is 1.92. The van der Waals surface area contributed by atoms with E-state index < -0.39 is 12.0 Å². The number of aromatic nitrogens is 2. The van der Waals surface area contributed by atoms with Gasteiger partial charge in [0.05, 0.1) is 12.8 Å². The highest BCUT2D eigenvalue weighted by atomic mass is 32.2. The molecule has 0 saturated carbocycles. The third-order valence-electron chi connectivity index (χ3n) is 2.53. The zero-order valence-electron chi connectivity index (χ0n) is 11.1. The van der Waals surface area contributed by atoms with Gasteiger partial charge in [0.2, 0.25) is 0 Å². The van der Waals surface area contributed by atoms with Crippen LogP contribution < -0.4 is 0 Å². The number of methoxy groups -OCH3 is 1. The third kappa shape index (κ3) is 4.05. The first-order valence-corrected chi connectivity index (χ1v) is 6.77. The first-order chi connectivity index (χ1) is 9.01. The molecule has 0 atom stereocenters. The molecule has 0 spiro atoms. The Balaban J connectivity index is 2.82. The summed E-state index contributed by atoms with van der Waals surface area (Å²) in [7, 11) is 3.10. The fourth-order valence-corrected chi connectivity index (χ4v) is 2.50. The molecule has 0 aliphatic rings. The van der Waals surface area contributed by atoms with Crippen molar-refractivity contribution in [3.8, 4) is 0 Å². The minimum absolute atomic E-state index is 0.259. The number of hydrogen-bond donors (Lipinski definition) is 0. The number of thioether (sulfide) groups is 1. The summed E-state index contributed by atoms with van der Waals surface area (Å²) in [5.74, 6) is 0.000356. The van der Waals surface area contributed by atoms with Crippen LogP contribution in [0.3, 0.4) is 0 Å². The number of imidazole rings is 1. The van der Waals surface area contributed by atoms with Crippen LogP contribution in [-0.2, 0) is 18.2 Å². The average molecular weight is 290 g/mol. The maximum Gasteiger partial charge on any atom is 0.358 e. The Morgan fingerprint density at radius 1 is 1.53 bits per heavy atom. The summed E-state index contributed by atoms with van der Waals surface area (Å²) < 4.78 is 30.2. The van der Waals surface area contributed by atoms with E-state index in [1.54, 1.807) is 11.6 Å². The van der Waals surface area contributed by atoms with Crippen molar-refractivity contribution in [1.82, 2.24) is 9.55 Å². The quantitative estimate of drug-likeness (QED) is 0.459. The maximum absolute atomic E-state index is 11.9. The number of halogens is 2. The maximum atomic E-state index is 11.9. The molecular weight excluding hydrogens is 274 g/mol. The van der Waals surface area contributed by atoms with Crippen molar-refractivity contribution < 1.29 is 18.3 Å². The highest BCUT2D eigenvalue weighted by Crippen LogP contribution is 2.22. The molecule has 0 aliphatic carbocycles. The van der Waals surface area contributed by atoms with Gasteiger partial charge in [-0.1, -0.05) is 18.7 Å². The molecule has 0 bridgehead atoms. The standard InChI is InChI=1S/C12H16F2N2O2S/c1-4-8-10(11(17)18-3)15-12(16(8)2)19-7-5-6-9(13)14/h6H,4-5,7H2,1-3H3. The Hall–Kier alpha value is -1.37. The largest absolute Gasteiger partial charge is 0.464 e. The van der Waals surface area contributed by atoms with Gasteiger partial charge in [-0.05, 0) is 18.9 Å². The van der Waals surface area contributed by atoms with Crippen molar-refractivity contribution in [2.75, 3.05) is 12.9 Å². The van der Waals surface area contributed by atoms with Gasteiger partial charge in [0.1, 0.15) is 0 Å². The zero-order chi connectivity index (χ0) is 14.4. The van der Waals surface area contributed by atoms with Gasteiger partial charge in [-0.2, -0.15) is 8.78 Å². The van der Waals surface area contributed by atoms with E-state index in [4.69, 9.17) is 0 Å². The molecule has 0 fully saturated rings. The van der Waals surface area contributed by atoms with Crippen LogP contribution in [0.5, 0.6) is 0 Å². The number of carbonyl (C=O) groups is 1. The lowest BCUT2D eigenvalue weighted by atomic mass is 10.2. The van der Waals surface area contributed by atoms with Crippen LogP contribution in [0, 0.1) is 0 Å². The molecular formula is C12H16F2N2O2S. The van der Waals surface area contributed by atoms with Gasteiger partial charge in [0.25, 0.3) is 6.08 Å².